The topological polar surface area (TPSA) is 66.5 Å². The molecule has 0 atom stereocenters. The summed E-state index contributed by atoms with van der Waals surface area (Å²) in [5.41, 5.74) is 3.07. The highest BCUT2D eigenvalue weighted by molar-refractivity contribution is 7.91. The van der Waals surface area contributed by atoms with Gasteiger partial charge in [0.1, 0.15) is 0 Å². The zero-order valence-electron chi connectivity index (χ0n) is 13.6. The lowest BCUT2D eigenvalue weighted by Crippen LogP contribution is -2.44. The van der Waals surface area contributed by atoms with Crippen LogP contribution in [0.25, 0.3) is 0 Å². The first kappa shape index (κ1) is 17.9. The van der Waals surface area contributed by atoms with Gasteiger partial charge in [0.05, 0.1) is 5.69 Å². The summed E-state index contributed by atoms with van der Waals surface area (Å²) in [5, 5.41) is 0. The Kier molecular flexibility index (Phi) is 5.42. The third kappa shape index (κ3) is 4.03. The van der Waals surface area contributed by atoms with Crippen LogP contribution in [-0.2, 0) is 33.8 Å². The van der Waals surface area contributed by atoms with Gasteiger partial charge in [-0.1, -0.05) is 42.5 Å². The van der Waals surface area contributed by atoms with Crippen LogP contribution in [0.5, 0.6) is 0 Å². The lowest BCUT2D eigenvalue weighted by Gasteiger charge is -2.23. The fraction of sp³-hybridized carbons (Fsp3) is 0.278. The fourth-order valence-corrected chi connectivity index (χ4v) is 4.29. The summed E-state index contributed by atoms with van der Waals surface area (Å²) in [6, 6.07) is 14.5. The second-order valence-electron chi connectivity index (χ2n) is 5.92. The molecule has 1 aliphatic rings. The summed E-state index contributed by atoms with van der Waals surface area (Å²) < 4.78 is 29.0. The van der Waals surface area contributed by atoms with Crippen molar-refractivity contribution in [2.45, 2.75) is 31.7 Å². The van der Waals surface area contributed by atoms with Crippen molar-refractivity contribution in [3.63, 3.8) is 0 Å². The summed E-state index contributed by atoms with van der Waals surface area (Å²) in [5.74, 6) is 0.000343. The lowest BCUT2D eigenvalue weighted by molar-refractivity contribution is -0.117. The third-order valence-electron chi connectivity index (χ3n) is 4.15. The van der Waals surface area contributed by atoms with Crippen molar-refractivity contribution >= 4 is 33.4 Å². The van der Waals surface area contributed by atoms with Crippen LogP contribution in [0, 0.1) is 0 Å². The Balaban J connectivity index is 1.84. The van der Waals surface area contributed by atoms with E-state index < -0.39 is 16.1 Å². The Morgan fingerprint density at radius 3 is 2.40 bits per heavy atom. The number of carbonyl (C=O) groups excluding carboxylic acids is 1. The molecule has 1 N–H and O–H groups in total. The van der Waals surface area contributed by atoms with E-state index in [-0.39, 0.29) is 13.0 Å². The second kappa shape index (κ2) is 7.56. The minimum atomic E-state index is -3.98. The molecule has 2 aromatic rings. The van der Waals surface area contributed by atoms with Gasteiger partial charge in [-0.3, -0.25) is 4.79 Å². The van der Waals surface area contributed by atoms with Gasteiger partial charge in [-0.2, -0.15) is 17.4 Å². The minimum absolute atomic E-state index is 0.108. The molecule has 25 heavy (non-hydrogen) atoms. The second-order valence-corrected chi connectivity index (χ2v) is 7.79. The zero-order valence-corrected chi connectivity index (χ0v) is 15.2. The number of hydrogen-bond donors (Lipinski definition) is 1. The lowest BCUT2D eigenvalue weighted by atomic mass is 10.1. The number of aryl methyl sites for hydroxylation is 1. The molecule has 0 fully saturated rings. The van der Waals surface area contributed by atoms with Crippen molar-refractivity contribution in [3.8, 4) is 0 Å². The van der Waals surface area contributed by atoms with Crippen LogP contribution in [-0.4, -0.2) is 14.3 Å². The average molecular weight is 379 g/mol. The molecular weight excluding hydrogens is 360 g/mol. The first-order chi connectivity index (χ1) is 12.0. The standard InChI is InChI=1S/C18H19ClN2O3S/c19-12-14-8-10-15(11-9-14)13-20-25(23,24)21-17-6-2-1-4-16(17)5-3-7-18(21)22/h1-2,4,6,8-11,20H,3,5,7,12-13H2. The Morgan fingerprint density at radius 1 is 1.00 bits per heavy atom. The molecule has 0 saturated heterocycles. The van der Waals surface area contributed by atoms with Gasteiger partial charge in [0.2, 0.25) is 5.91 Å². The molecule has 132 valence electrons. The maximum atomic E-state index is 12.8. The molecule has 0 unspecified atom stereocenters. The number of rotatable bonds is 5. The maximum absolute atomic E-state index is 12.8. The van der Waals surface area contributed by atoms with Crippen molar-refractivity contribution in [2.24, 2.45) is 0 Å². The molecule has 5 nitrogen and oxygen atoms in total. The van der Waals surface area contributed by atoms with Gasteiger partial charge in [-0.15, -0.1) is 11.6 Å². The van der Waals surface area contributed by atoms with Crippen molar-refractivity contribution in [1.29, 1.82) is 0 Å². The molecule has 0 aliphatic carbocycles. The van der Waals surface area contributed by atoms with E-state index in [0.717, 1.165) is 21.0 Å². The molecule has 2 aromatic carbocycles. The van der Waals surface area contributed by atoms with Gasteiger partial charge in [0, 0.05) is 18.8 Å². The van der Waals surface area contributed by atoms with Crippen LogP contribution in [0.1, 0.15) is 29.5 Å². The summed E-state index contributed by atoms with van der Waals surface area (Å²) in [4.78, 5) is 12.4. The first-order valence-electron chi connectivity index (χ1n) is 8.06. The number of fused-ring (bicyclic) bond motifs is 1. The van der Waals surface area contributed by atoms with Gasteiger partial charge >= 0.3 is 10.2 Å². The smallest absolute Gasteiger partial charge is 0.273 e. The van der Waals surface area contributed by atoms with E-state index in [4.69, 9.17) is 11.6 Å². The maximum Gasteiger partial charge on any atom is 0.308 e. The Bertz CT molecular complexity index is 866. The van der Waals surface area contributed by atoms with Crippen LogP contribution in [0.4, 0.5) is 5.69 Å². The molecule has 1 amide bonds. The van der Waals surface area contributed by atoms with E-state index in [0.29, 0.717) is 24.4 Å². The van der Waals surface area contributed by atoms with E-state index in [2.05, 4.69) is 4.72 Å². The van der Waals surface area contributed by atoms with Gasteiger partial charge in [-0.05, 0) is 35.6 Å². The van der Waals surface area contributed by atoms with Gasteiger partial charge < -0.3 is 0 Å². The molecule has 0 saturated carbocycles. The molecule has 0 radical (unpaired) electrons. The van der Waals surface area contributed by atoms with Gasteiger partial charge in [0.25, 0.3) is 0 Å². The predicted molar refractivity (Wildman–Crippen MR) is 98.6 cm³/mol. The zero-order chi connectivity index (χ0) is 17.9. The van der Waals surface area contributed by atoms with E-state index in [9.17, 15) is 13.2 Å². The number of nitrogens with one attached hydrogen (secondary N) is 1. The third-order valence-corrected chi connectivity index (χ3v) is 5.85. The summed E-state index contributed by atoms with van der Waals surface area (Å²) in [6.07, 6.45) is 1.54. The number of amides is 1. The van der Waals surface area contributed by atoms with Gasteiger partial charge in [0.15, 0.2) is 0 Å². The number of para-hydroxylation sites is 1. The number of alkyl halides is 1. The number of carbonyl (C=O) groups is 1. The minimum Gasteiger partial charge on any atom is -0.273 e. The van der Waals surface area contributed by atoms with Crippen LogP contribution in [0.15, 0.2) is 48.5 Å². The first-order valence-corrected chi connectivity index (χ1v) is 10.0. The van der Waals surface area contributed by atoms with Crippen molar-refractivity contribution < 1.29 is 13.2 Å². The van der Waals surface area contributed by atoms with Crippen molar-refractivity contribution in [2.75, 3.05) is 4.31 Å². The van der Waals surface area contributed by atoms with Crippen molar-refractivity contribution in [3.05, 3.63) is 65.2 Å². The van der Waals surface area contributed by atoms with E-state index in [1.807, 2.05) is 36.4 Å². The SMILES string of the molecule is O=C1CCCc2ccccc2N1S(=O)(=O)NCc1ccc(CCl)cc1. The molecule has 1 heterocycles. The van der Waals surface area contributed by atoms with Crippen LogP contribution in [0.2, 0.25) is 0 Å². The highest BCUT2D eigenvalue weighted by Crippen LogP contribution is 2.28. The molecule has 1 aliphatic heterocycles. The van der Waals surface area contributed by atoms with Crippen molar-refractivity contribution in [1.82, 2.24) is 4.72 Å². The highest BCUT2D eigenvalue weighted by Gasteiger charge is 2.32. The largest absolute Gasteiger partial charge is 0.308 e. The molecule has 7 heteroatoms. The summed E-state index contributed by atoms with van der Waals surface area (Å²) in [7, 11) is -3.98. The van der Waals surface area contributed by atoms with E-state index in [1.165, 1.54) is 0 Å². The number of anilines is 1. The van der Waals surface area contributed by atoms with Crippen LogP contribution >= 0.6 is 11.6 Å². The van der Waals surface area contributed by atoms with Gasteiger partial charge in [-0.25, -0.2) is 0 Å². The monoisotopic (exact) mass is 378 g/mol. The predicted octanol–water partition coefficient (Wildman–Crippen LogP) is 3.13. The number of halogens is 1. The average Bonchev–Trinajstić information content (AvgIpc) is 2.79. The Labute approximate surface area is 152 Å². The molecular formula is C18H19ClN2O3S. The van der Waals surface area contributed by atoms with Crippen LogP contribution in [0.3, 0.4) is 0 Å². The highest BCUT2D eigenvalue weighted by atomic mass is 35.5. The van der Waals surface area contributed by atoms with E-state index in [1.54, 1.807) is 12.1 Å². The summed E-state index contributed by atoms with van der Waals surface area (Å²) in [6.45, 7) is 0.108. The molecule has 3 rings (SSSR count). The molecule has 0 bridgehead atoms. The Hall–Kier alpha value is -1.89. The number of nitrogens with zero attached hydrogens (tertiary/aromatic N) is 1. The number of benzene rings is 2. The Morgan fingerprint density at radius 2 is 1.68 bits per heavy atom. The fourth-order valence-electron chi connectivity index (χ4n) is 2.84. The number of hydrogen-bond acceptors (Lipinski definition) is 3. The summed E-state index contributed by atoms with van der Waals surface area (Å²) >= 11 is 5.75. The quantitative estimate of drug-likeness (QED) is 0.813. The van der Waals surface area contributed by atoms with E-state index >= 15 is 0 Å². The normalized spacial score (nSPS) is 14.9. The molecule has 0 spiro atoms. The van der Waals surface area contributed by atoms with Crippen LogP contribution < -0.4 is 9.03 Å². The molecule has 0 aromatic heterocycles.